The van der Waals surface area contributed by atoms with Crippen LogP contribution >= 0.6 is 0 Å². The van der Waals surface area contributed by atoms with E-state index in [0.29, 0.717) is 5.69 Å². The molecule has 26 heavy (non-hydrogen) atoms. The number of aromatic nitrogens is 8. The number of rotatable bonds is 3. The van der Waals surface area contributed by atoms with Crippen molar-refractivity contribution >= 4 is 5.78 Å². The van der Waals surface area contributed by atoms with Gasteiger partial charge in [0.1, 0.15) is 17.1 Å². The monoisotopic (exact) mass is 370 g/mol. The maximum atomic E-state index is 12.9. The molecule has 2 N–H and O–H groups in total. The van der Waals surface area contributed by atoms with Crippen molar-refractivity contribution in [2.75, 3.05) is 0 Å². The Kier molecular flexibility index (Phi) is 3.45. The predicted octanol–water partition coefficient (Wildman–Crippen LogP) is 2.86. The van der Waals surface area contributed by atoms with Crippen LogP contribution in [0.15, 0.2) is 24.8 Å². The van der Waals surface area contributed by atoms with E-state index in [4.69, 9.17) is 0 Å². The topological polar surface area (TPSA) is 100 Å². The minimum absolute atomic E-state index is 0.000439. The van der Waals surface area contributed by atoms with Crippen LogP contribution in [0.1, 0.15) is 17.9 Å². The van der Waals surface area contributed by atoms with Gasteiger partial charge in [0.05, 0.1) is 18.2 Å². The van der Waals surface area contributed by atoms with Crippen molar-refractivity contribution in [2.24, 2.45) is 0 Å². The summed E-state index contributed by atoms with van der Waals surface area (Å²) in [6.07, 6.45) is -3.70. The Bertz CT molecular complexity index is 1060. The van der Waals surface area contributed by atoms with Crippen LogP contribution in [0, 0.1) is 0 Å². The average molecular weight is 370 g/mol. The van der Waals surface area contributed by atoms with Crippen LogP contribution in [0.5, 0.6) is 0 Å². The quantitative estimate of drug-likeness (QED) is 0.540. The molecule has 0 atom stereocenters. The summed E-state index contributed by atoms with van der Waals surface area (Å²) in [6, 6.07) is 0.781. The van der Waals surface area contributed by atoms with Crippen LogP contribution in [-0.2, 0) is 6.18 Å². The van der Waals surface area contributed by atoms with E-state index in [1.165, 1.54) is 16.9 Å². The minimum Gasteiger partial charge on any atom is -0.343 e. The summed E-state index contributed by atoms with van der Waals surface area (Å²) in [5.74, 6) is -1.17. The van der Waals surface area contributed by atoms with Crippen molar-refractivity contribution in [1.29, 1.82) is 0 Å². The number of nitrogens with one attached hydrogen (secondary N) is 2. The predicted molar refractivity (Wildman–Crippen MR) is 75.9 cm³/mol. The summed E-state index contributed by atoms with van der Waals surface area (Å²) in [5.41, 5.74) is -0.510. The lowest BCUT2D eigenvalue weighted by Crippen LogP contribution is -2.09. The second-order valence-corrected chi connectivity index (χ2v) is 5.10. The maximum absolute atomic E-state index is 12.9. The molecule has 4 aromatic heterocycles. The van der Waals surface area contributed by atoms with Gasteiger partial charge in [0.2, 0.25) is 11.6 Å². The molecule has 8 nitrogen and oxygen atoms in total. The van der Waals surface area contributed by atoms with Crippen molar-refractivity contribution in [2.45, 2.75) is 12.6 Å². The first kappa shape index (κ1) is 16.1. The third-order valence-corrected chi connectivity index (χ3v) is 3.46. The third-order valence-electron chi connectivity index (χ3n) is 3.46. The molecule has 4 heterocycles. The standard InChI is InChI=1S/C13H7F5N8/c14-9(15)11-23-10(24-25-11)7-8(5-3-19-4-20-5)26-2-1-6(13(16,17)18)21-12(26)22-7/h1-4,9H,(H,19,20)(H,23,24,25). The molecule has 0 aromatic carbocycles. The Balaban J connectivity index is 1.97. The molecule has 0 aliphatic carbocycles. The molecule has 0 unspecified atom stereocenters. The fraction of sp³-hybridized carbons (Fsp3) is 0.154. The summed E-state index contributed by atoms with van der Waals surface area (Å²) in [6.45, 7) is 0. The van der Waals surface area contributed by atoms with E-state index in [2.05, 4.69) is 35.1 Å². The normalized spacial score (nSPS) is 12.4. The summed E-state index contributed by atoms with van der Waals surface area (Å²) >= 11 is 0. The van der Waals surface area contributed by atoms with Gasteiger partial charge in [-0.25, -0.2) is 28.7 Å². The SMILES string of the molecule is FC(F)c1n[nH]c(-c2nc3nc(C(F)(F)F)ccn3c2-c2cnc[nH]2)n1. The molecule has 0 aliphatic rings. The van der Waals surface area contributed by atoms with Crippen LogP contribution in [0.2, 0.25) is 0 Å². The Morgan fingerprint density at radius 3 is 2.54 bits per heavy atom. The lowest BCUT2D eigenvalue weighted by atomic mass is 10.2. The number of hydrogen-bond donors (Lipinski definition) is 2. The van der Waals surface area contributed by atoms with Gasteiger partial charge < -0.3 is 4.98 Å². The number of H-pyrrole nitrogens is 2. The summed E-state index contributed by atoms with van der Waals surface area (Å²) < 4.78 is 65.4. The van der Waals surface area contributed by atoms with Gasteiger partial charge in [0.25, 0.3) is 6.43 Å². The molecular weight excluding hydrogens is 363 g/mol. The van der Waals surface area contributed by atoms with Crippen LogP contribution in [0.4, 0.5) is 22.0 Å². The number of nitrogens with zero attached hydrogens (tertiary/aromatic N) is 6. The molecule has 13 heteroatoms. The highest BCUT2D eigenvalue weighted by Gasteiger charge is 2.33. The van der Waals surface area contributed by atoms with Crippen molar-refractivity contribution in [3.05, 3.63) is 36.3 Å². The van der Waals surface area contributed by atoms with E-state index in [9.17, 15) is 22.0 Å². The number of halogens is 5. The van der Waals surface area contributed by atoms with Gasteiger partial charge in [-0.2, -0.15) is 18.3 Å². The molecule has 4 rings (SSSR count). The van der Waals surface area contributed by atoms with E-state index in [-0.39, 0.29) is 23.0 Å². The van der Waals surface area contributed by atoms with Crippen LogP contribution in [0.3, 0.4) is 0 Å². The van der Waals surface area contributed by atoms with Crippen LogP contribution in [0.25, 0.3) is 28.7 Å². The first-order valence-corrected chi connectivity index (χ1v) is 7.00. The number of alkyl halides is 5. The fourth-order valence-corrected chi connectivity index (χ4v) is 2.38. The van der Waals surface area contributed by atoms with Crippen molar-refractivity contribution in [1.82, 2.24) is 39.5 Å². The van der Waals surface area contributed by atoms with E-state index in [0.717, 1.165) is 12.3 Å². The zero-order valence-corrected chi connectivity index (χ0v) is 12.5. The number of fused-ring (bicyclic) bond motifs is 1. The molecule has 0 saturated heterocycles. The molecule has 134 valence electrons. The number of aromatic amines is 2. The first-order chi connectivity index (χ1) is 12.3. The highest BCUT2D eigenvalue weighted by molar-refractivity contribution is 5.76. The number of hydrogen-bond acceptors (Lipinski definition) is 5. The molecule has 0 bridgehead atoms. The first-order valence-electron chi connectivity index (χ1n) is 7.00. The molecular formula is C13H7F5N8. The van der Waals surface area contributed by atoms with Gasteiger partial charge in [-0.05, 0) is 6.07 Å². The Morgan fingerprint density at radius 2 is 1.92 bits per heavy atom. The van der Waals surface area contributed by atoms with Gasteiger partial charge in [-0.15, -0.1) is 0 Å². The lowest BCUT2D eigenvalue weighted by molar-refractivity contribution is -0.141. The summed E-state index contributed by atoms with van der Waals surface area (Å²) in [4.78, 5) is 17.8. The van der Waals surface area contributed by atoms with Crippen LogP contribution in [-0.4, -0.2) is 39.5 Å². The Labute approximate surface area is 140 Å². The fourth-order valence-electron chi connectivity index (χ4n) is 2.38. The highest BCUT2D eigenvalue weighted by atomic mass is 19.4. The van der Waals surface area contributed by atoms with E-state index in [1.54, 1.807) is 0 Å². The largest absolute Gasteiger partial charge is 0.433 e. The molecule has 0 spiro atoms. The van der Waals surface area contributed by atoms with Gasteiger partial charge in [0.15, 0.2) is 5.82 Å². The molecule has 0 amide bonds. The molecule has 4 aromatic rings. The minimum atomic E-state index is -4.66. The average Bonchev–Trinajstić information content (AvgIpc) is 3.31. The molecule has 0 saturated carbocycles. The summed E-state index contributed by atoms with van der Waals surface area (Å²) in [5, 5.41) is 5.69. The van der Waals surface area contributed by atoms with E-state index in [1.807, 2.05) is 0 Å². The lowest BCUT2D eigenvalue weighted by Gasteiger charge is -2.05. The van der Waals surface area contributed by atoms with E-state index >= 15 is 0 Å². The van der Waals surface area contributed by atoms with Crippen molar-refractivity contribution in [3.63, 3.8) is 0 Å². The molecule has 0 radical (unpaired) electrons. The third kappa shape index (κ3) is 2.57. The Morgan fingerprint density at radius 1 is 1.12 bits per heavy atom. The number of imidazole rings is 2. The van der Waals surface area contributed by atoms with Gasteiger partial charge >= 0.3 is 6.18 Å². The van der Waals surface area contributed by atoms with Crippen molar-refractivity contribution < 1.29 is 22.0 Å². The second kappa shape index (κ2) is 5.57. The Hall–Kier alpha value is -3.38. The second-order valence-electron chi connectivity index (χ2n) is 5.10. The van der Waals surface area contributed by atoms with Gasteiger partial charge in [-0.3, -0.25) is 9.50 Å². The van der Waals surface area contributed by atoms with Crippen molar-refractivity contribution in [3.8, 4) is 22.9 Å². The molecule has 0 fully saturated rings. The maximum Gasteiger partial charge on any atom is 0.433 e. The van der Waals surface area contributed by atoms with E-state index < -0.39 is 24.1 Å². The van der Waals surface area contributed by atoms with Gasteiger partial charge in [-0.1, -0.05) is 0 Å². The van der Waals surface area contributed by atoms with Crippen LogP contribution < -0.4 is 0 Å². The zero-order chi connectivity index (χ0) is 18.5. The van der Waals surface area contributed by atoms with Gasteiger partial charge in [0, 0.05) is 6.20 Å². The summed E-state index contributed by atoms with van der Waals surface area (Å²) in [7, 11) is 0. The zero-order valence-electron chi connectivity index (χ0n) is 12.5. The smallest absolute Gasteiger partial charge is 0.343 e. The highest BCUT2D eigenvalue weighted by Crippen LogP contribution is 2.32. The molecule has 0 aliphatic heterocycles.